The smallest absolute Gasteiger partial charge is 0.415 e. The average molecular weight is 360 g/mol. The number of fused-ring (bicyclic) bond motifs is 1. The van der Waals surface area contributed by atoms with Crippen LogP contribution < -0.4 is 9.47 Å². The van der Waals surface area contributed by atoms with E-state index in [1.54, 1.807) is 17.0 Å². The Kier molecular flexibility index (Phi) is 3.67. The van der Waals surface area contributed by atoms with Crippen molar-refractivity contribution in [3.63, 3.8) is 0 Å². The second-order valence-electron chi connectivity index (χ2n) is 7.09. The minimum atomic E-state index is -0.474. The van der Waals surface area contributed by atoms with E-state index >= 15 is 0 Å². The largest absolute Gasteiger partial charge is 0.482 e. The fourth-order valence-electron chi connectivity index (χ4n) is 4.23. The summed E-state index contributed by atoms with van der Waals surface area (Å²) in [6.45, 7) is 1.10. The van der Waals surface area contributed by atoms with Gasteiger partial charge in [0.05, 0.1) is 6.54 Å². The fraction of sp³-hybridized carbons (Fsp3) is 0.227. The van der Waals surface area contributed by atoms with E-state index < -0.39 is 5.60 Å². The van der Waals surface area contributed by atoms with Gasteiger partial charge in [-0.05, 0) is 30.3 Å². The Morgan fingerprint density at radius 3 is 2.56 bits per heavy atom. The molecule has 2 aliphatic rings. The van der Waals surface area contributed by atoms with Crippen molar-refractivity contribution in [1.82, 2.24) is 9.47 Å². The molecule has 0 aliphatic carbocycles. The predicted octanol–water partition coefficient (Wildman–Crippen LogP) is 4.11. The second-order valence-corrected chi connectivity index (χ2v) is 7.09. The lowest BCUT2D eigenvalue weighted by Gasteiger charge is -2.31. The summed E-state index contributed by atoms with van der Waals surface area (Å²) in [6.07, 6.45) is 4.55. The lowest BCUT2D eigenvalue weighted by molar-refractivity contribution is 0.0661. The van der Waals surface area contributed by atoms with Crippen LogP contribution in [-0.2, 0) is 0 Å². The standard InChI is InChI=1S/C22H20N2O3/c25-21(26-17-8-2-1-3-9-17)24-15-12-22(16-24)20(23-13-6-7-14-23)18-10-4-5-11-19(18)27-22/h1-11,13-14,20H,12,15-16H2. The van der Waals surface area contributed by atoms with E-state index in [1.807, 2.05) is 48.5 Å². The highest BCUT2D eigenvalue weighted by Gasteiger charge is 2.54. The molecule has 1 spiro atoms. The fourth-order valence-corrected chi connectivity index (χ4v) is 4.23. The highest BCUT2D eigenvalue weighted by Crippen LogP contribution is 2.49. The van der Waals surface area contributed by atoms with E-state index in [0.29, 0.717) is 18.8 Å². The Morgan fingerprint density at radius 1 is 1.00 bits per heavy atom. The summed E-state index contributed by atoms with van der Waals surface area (Å²) < 4.78 is 14.2. The summed E-state index contributed by atoms with van der Waals surface area (Å²) in [4.78, 5) is 14.4. The molecule has 0 saturated carbocycles. The molecular weight excluding hydrogens is 340 g/mol. The summed E-state index contributed by atoms with van der Waals surface area (Å²) in [5, 5.41) is 0. The van der Waals surface area contributed by atoms with Crippen LogP contribution in [-0.4, -0.2) is 34.3 Å². The highest BCUT2D eigenvalue weighted by molar-refractivity contribution is 5.71. The third-order valence-corrected chi connectivity index (χ3v) is 5.42. The van der Waals surface area contributed by atoms with Gasteiger partial charge in [-0.3, -0.25) is 0 Å². The van der Waals surface area contributed by atoms with Gasteiger partial charge in [-0.25, -0.2) is 4.79 Å². The molecule has 136 valence electrons. The lowest BCUT2D eigenvalue weighted by atomic mass is 9.90. The molecule has 0 bridgehead atoms. The van der Waals surface area contributed by atoms with E-state index in [4.69, 9.17) is 9.47 Å². The quantitative estimate of drug-likeness (QED) is 0.691. The van der Waals surface area contributed by atoms with E-state index in [0.717, 1.165) is 17.7 Å². The van der Waals surface area contributed by atoms with Gasteiger partial charge in [-0.1, -0.05) is 36.4 Å². The molecule has 0 radical (unpaired) electrons. The molecule has 0 N–H and O–H groups in total. The van der Waals surface area contributed by atoms with Crippen LogP contribution in [0.25, 0.3) is 0 Å². The summed E-state index contributed by atoms with van der Waals surface area (Å²) >= 11 is 0. The number of nitrogens with zero attached hydrogens (tertiary/aromatic N) is 2. The average Bonchev–Trinajstić information content (AvgIpc) is 3.41. The molecule has 5 rings (SSSR count). The molecular formula is C22H20N2O3. The monoisotopic (exact) mass is 360 g/mol. The Morgan fingerprint density at radius 2 is 1.74 bits per heavy atom. The summed E-state index contributed by atoms with van der Waals surface area (Å²) in [7, 11) is 0. The summed E-state index contributed by atoms with van der Waals surface area (Å²) in [5.74, 6) is 1.45. The van der Waals surface area contributed by atoms with Crippen LogP contribution in [0.15, 0.2) is 79.1 Å². The number of benzene rings is 2. The number of carbonyl (C=O) groups excluding carboxylic acids is 1. The van der Waals surface area contributed by atoms with Crippen molar-refractivity contribution in [3.05, 3.63) is 84.7 Å². The second kappa shape index (κ2) is 6.20. The maximum absolute atomic E-state index is 12.7. The number of hydrogen-bond acceptors (Lipinski definition) is 3. The van der Waals surface area contributed by atoms with Crippen molar-refractivity contribution < 1.29 is 14.3 Å². The minimum absolute atomic E-state index is 0.0400. The van der Waals surface area contributed by atoms with Crippen molar-refractivity contribution >= 4 is 6.09 Å². The van der Waals surface area contributed by atoms with E-state index in [1.165, 1.54) is 0 Å². The number of likely N-dealkylation sites (tertiary alicyclic amines) is 1. The van der Waals surface area contributed by atoms with Crippen molar-refractivity contribution in [3.8, 4) is 11.5 Å². The van der Waals surface area contributed by atoms with Gasteiger partial charge in [0.25, 0.3) is 0 Å². The molecule has 27 heavy (non-hydrogen) atoms. The Hall–Kier alpha value is -3.21. The number of rotatable bonds is 2. The first-order chi connectivity index (χ1) is 13.3. The molecule has 2 aliphatic heterocycles. The molecule has 3 aromatic rings. The Labute approximate surface area is 157 Å². The maximum Gasteiger partial charge on any atom is 0.415 e. The van der Waals surface area contributed by atoms with Crippen LogP contribution in [0.5, 0.6) is 11.5 Å². The van der Waals surface area contributed by atoms with Crippen LogP contribution in [0.3, 0.4) is 0 Å². The zero-order chi connectivity index (χ0) is 18.3. The Bertz CT molecular complexity index is 955. The van der Waals surface area contributed by atoms with Crippen LogP contribution in [0, 0.1) is 0 Å². The first kappa shape index (κ1) is 16.0. The van der Waals surface area contributed by atoms with Crippen molar-refractivity contribution in [2.45, 2.75) is 18.1 Å². The molecule has 5 nitrogen and oxygen atoms in total. The van der Waals surface area contributed by atoms with Gasteiger partial charge >= 0.3 is 6.09 Å². The van der Waals surface area contributed by atoms with Crippen LogP contribution >= 0.6 is 0 Å². The molecule has 2 unspecified atom stereocenters. The van der Waals surface area contributed by atoms with Gasteiger partial charge in [0, 0.05) is 30.9 Å². The van der Waals surface area contributed by atoms with Gasteiger partial charge in [-0.15, -0.1) is 0 Å². The SMILES string of the molecule is O=C(Oc1ccccc1)N1CCC2(C1)Oc1ccccc1C2n1cccc1. The highest BCUT2D eigenvalue weighted by atomic mass is 16.6. The minimum Gasteiger partial charge on any atom is -0.482 e. The number of para-hydroxylation sites is 2. The first-order valence-electron chi connectivity index (χ1n) is 9.17. The number of hydrogen-bond donors (Lipinski definition) is 0. The van der Waals surface area contributed by atoms with Gasteiger partial charge in [0.15, 0.2) is 5.60 Å². The maximum atomic E-state index is 12.7. The van der Waals surface area contributed by atoms with Crippen molar-refractivity contribution in [1.29, 1.82) is 0 Å². The van der Waals surface area contributed by atoms with Gasteiger partial charge < -0.3 is 18.9 Å². The van der Waals surface area contributed by atoms with Crippen LogP contribution in [0.2, 0.25) is 0 Å². The van der Waals surface area contributed by atoms with Crippen LogP contribution in [0.4, 0.5) is 4.79 Å². The molecule has 1 aromatic heterocycles. The van der Waals surface area contributed by atoms with Gasteiger partial charge in [0.2, 0.25) is 0 Å². The molecule has 1 saturated heterocycles. The molecule has 1 fully saturated rings. The number of carbonyl (C=O) groups is 1. The Balaban J connectivity index is 1.42. The van der Waals surface area contributed by atoms with E-state index in [-0.39, 0.29) is 12.1 Å². The number of ether oxygens (including phenoxy) is 2. The van der Waals surface area contributed by atoms with E-state index in [2.05, 4.69) is 23.0 Å². The first-order valence-corrected chi connectivity index (χ1v) is 9.17. The molecule has 5 heteroatoms. The molecule has 1 amide bonds. The number of aromatic nitrogens is 1. The molecule has 2 aromatic carbocycles. The molecule has 2 atom stereocenters. The van der Waals surface area contributed by atoms with Crippen molar-refractivity contribution in [2.75, 3.05) is 13.1 Å². The normalized spacial score (nSPS) is 23.3. The lowest BCUT2D eigenvalue weighted by Crippen LogP contribution is -2.45. The third kappa shape index (κ3) is 2.67. The molecule has 3 heterocycles. The predicted molar refractivity (Wildman–Crippen MR) is 101 cm³/mol. The number of amides is 1. The van der Waals surface area contributed by atoms with Crippen molar-refractivity contribution in [2.24, 2.45) is 0 Å². The third-order valence-electron chi connectivity index (χ3n) is 5.42. The summed E-state index contributed by atoms with van der Waals surface area (Å²) in [6, 6.07) is 21.4. The summed E-state index contributed by atoms with van der Waals surface area (Å²) in [5.41, 5.74) is 0.685. The van der Waals surface area contributed by atoms with Gasteiger partial charge in [0.1, 0.15) is 17.5 Å². The van der Waals surface area contributed by atoms with Gasteiger partial charge in [-0.2, -0.15) is 0 Å². The zero-order valence-corrected chi connectivity index (χ0v) is 14.8. The zero-order valence-electron chi connectivity index (χ0n) is 14.8. The van der Waals surface area contributed by atoms with Crippen LogP contribution in [0.1, 0.15) is 18.0 Å². The van der Waals surface area contributed by atoms with E-state index in [9.17, 15) is 4.79 Å². The topological polar surface area (TPSA) is 43.7 Å².